The summed E-state index contributed by atoms with van der Waals surface area (Å²) in [7, 11) is 0. The lowest BCUT2D eigenvalue weighted by Crippen LogP contribution is -1.95. The average molecular weight is 246 g/mol. The van der Waals surface area contributed by atoms with Gasteiger partial charge in [0.2, 0.25) is 0 Å². The standard InChI is InChI=1S/C18H30/c1-11(2)13(5)15(7)17(9)18(10)16(8)14(6)12(3)4/h1-10H3/b17-15+,18-16+. The molecular weight excluding hydrogens is 216 g/mol. The van der Waals surface area contributed by atoms with Gasteiger partial charge in [-0.25, -0.2) is 0 Å². The Morgan fingerprint density at radius 1 is 0.278 bits per heavy atom. The van der Waals surface area contributed by atoms with E-state index < -0.39 is 0 Å². The van der Waals surface area contributed by atoms with Crippen molar-refractivity contribution in [1.29, 1.82) is 0 Å². The Hall–Kier alpha value is -1.04. The summed E-state index contributed by atoms with van der Waals surface area (Å²) in [6.45, 7) is 22.1. The first-order valence-corrected chi connectivity index (χ1v) is 6.75. The molecular formula is C18H30. The minimum atomic E-state index is 1.40. The molecule has 0 radical (unpaired) electrons. The number of hydrogen-bond acceptors (Lipinski definition) is 0. The molecule has 0 heteroatoms. The largest absolute Gasteiger partial charge is 0.0732 e. The van der Waals surface area contributed by atoms with Crippen molar-refractivity contribution in [3.05, 3.63) is 44.6 Å². The molecule has 0 bridgehead atoms. The van der Waals surface area contributed by atoms with Gasteiger partial charge in [0.15, 0.2) is 0 Å². The van der Waals surface area contributed by atoms with Crippen molar-refractivity contribution in [2.45, 2.75) is 69.2 Å². The van der Waals surface area contributed by atoms with Gasteiger partial charge in [0.25, 0.3) is 0 Å². The summed E-state index contributed by atoms with van der Waals surface area (Å²) in [4.78, 5) is 0. The molecule has 0 aromatic rings. The molecule has 0 saturated carbocycles. The molecule has 0 spiro atoms. The molecule has 0 amide bonds. The van der Waals surface area contributed by atoms with Crippen molar-refractivity contribution in [2.24, 2.45) is 0 Å². The van der Waals surface area contributed by atoms with Crippen LogP contribution in [0.1, 0.15) is 69.2 Å². The number of hydrogen-bond donors (Lipinski definition) is 0. The van der Waals surface area contributed by atoms with E-state index in [0.717, 1.165) is 0 Å². The van der Waals surface area contributed by atoms with Crippen molar-refractivity contribution < 1.29 is 0 Å². The van der Waals surface area contributed by atoms with Crippen LogP contribution in [0.3, 0.4) is 0 Å². The third kappa shape index (κ3) is 4.01. The summed E-state index contributed by atoms with van der Waals surface area (Å²) in [6.07, 6.45) is 0. The first-order valence-electron chi connectivity index (χ1n) is 6.75. The second-order valence-corrected chi connectivity index (χ2v) is 5.75. The minimum absolute atomic E-state index is 1.40. The van der Waals surface area contributed by atoms with Crippen molar-refractivity contribution in [3.63, 3.8) is 0 Å². The summed E-state index contributed by atoms with van der Waals surface area (Å²) < 4.78 is 0. The van der Waals surface area contributed by atoms with Crippen LogP contribution in [0.5, 0.6) is 0 Å². The minimum Gasteiger partial charge on any atom is -0.0732 e. The number of rotatable bonds is 3. The predicted octanol–water partition coefficient (Wildman–Crippen LogP) is 6.37. The Labute approximate surface area is 114 Å². The number of allylic oxidation sites excluding steroid dienone is 8. The van der Waals surface area contributed by atoms with Crippen LogP contribution in [0.25, 0.3) is 0 Å². The highest BCUT2D eigenvalue weighted by Gasteiger charge is 2.07. The quantitative estimate of drug-likeness (QED) is 0.507. The first-order chi connectivity index (χ1) is 8.11. The maximum Gasteiger partial charge on any atom is -0.0392 e. The molecule has 0 fully saturated rings. The molecule has 0 unspecified atom stereocenters. The molecule has 102 valence electrons. The van der Waals surface area contributed by atoms with E-state index in [9.17, 15) is 0 Å². The van der Waals surface area contributed by atoms with Gasteiger partial charge in [0.05, 0.1) is 0 Å². The van der Waals surface area contributed by atoms with Gasteiger partial charge in [0.1, 0.15) is 0 Å². The van der Waals surface area contributed by atoms with E-state index in [0.29, 0.717) is 0 Å². The topological polar surface area (TPSA) is 0 Å². The van der Waals surface area contributed by atoms with E-state index in [1.807, 2.05) is 0 Å². The normalized spacial score (nSPS) is 13.7. The zero-order valence-electron chi connectivity index (χ0n) is 14.0. The van der Waals surface area contributed by atoms with Crippen molar-refractivity contribution in [2.75, 3.05) is 0 Å². The molecule has 0 aliphatic heterocycles. The van der Waals surface area contributed by atoms with Crippen LogP contribution in [0, 0.1) is 0 Å². The third-order valence-corrected chi connectivity index (χ3v) is 4.31. The lowest BCUT2D eigenvalue weighted by atomic mass is 9.91. The fourth-order valence-electron chi connectivity index (χ4n) is 1.88. The summed E-state index contributed by atoms with van der Waals surface area (Å²) in [5, 5.41) is 0. The van der Waals surface area contributed by atoms with E-state index in [4.69, 9.17) is 0 Å². The second kappa shape index (κ2) is 6.78. The Balaban J connectivity index is 5.83. The van der Waals surface area contributed by atoms with Crippen LogP contribution < -0.4 is 0 Å². The molecule has 0 nitrogen and oxygen atoms in total. The lowest BCUT2D eigenvalue weighted by molar-refractivity contribution is 1.13. The highest BCUT2D eigenvalue weighted by Crippen LogP contribution is 2.27. The van der Waals surface area contributed by atoms with E-state index >= 15 is 0 Å². The zero-order chi connectivity index (χ0) is 14.6. The Morgan fingerprint density at radius 2 is 0.444 bits per heavy atom. The molecule has 0 aromatic heterocycles. The van der Waals surface area contributed by atoms with Crippen LogP contribution in [-0.4, -0.2) is 0 Å². The van der Waals surface area contributed by atoms with Gasteiger partial charge < -0.3 is 0 Å². The van der Waals surface area contributed by atoms with Crippen LogP contribution in [0.4, 0.5) is 0 Å². The molecule has 18 heavy (non-hydrogen) atoms. The fourth-order valence-corrected chi connectivity index (χ4v) is 1.88. The third-order valence-electron chi connectivity index (χ3n) is 4.31. The predicted molar refractivity (Wildman–Crippen MR) is 84.8 cm³/mol. The first kappa shape index (κ1) is 17.0. The smallest absolute Gasteiger partial charge is 0.0392 e. The van der Waals surface area contributed by atoms with Gasteiger partial charge >= 0.3 is 0 Å². The monoisotopic (exact) mass is 246 g/mol. The van der Waals surface area contributed by atoms with Crippen molar-refractivity contribution in [1.82, 2.24) is 0 Å². The van der Waals surface area contributed by atoms with E-state index in [2.05, 4.69) is 69.2 Å². The summed E-state index contributed by atoms with van der Waals surface area (Å²) in [6, 6.07) is 0. The van der Waals surface area contributed by atoms with E-state index in [1.165, 1.54) is 44.6 Å². The molecule has 0 aliphatic carbocycles. The Kier molecular flexibility index (Phi) is 6.38. The maximum absolute atomic E-state index is 2.24. The SMILES string of the molecule is CC(C)=C(C)/C(C)=C(C)/C(C)=C(\C)C(C)=C(C)C. The molecule has 0 saturated heterocycles. The van der Waals surface area contributed by atoms with Gasteiger partial charge in [-0.15, -0.1) is 0 Å². The molecule has 0 atom stereocenters. The van der Waals surface area contributed by atoms with Crippen molar-refractivity contribution in [3.8, 4) is 0 Å². The van der Waals surface area contributed by atoms with Crippen LogP contribution >= 0.6 is 0 Å². The molecule has 0 aliphatic rings. The molecule has 0 heterocycles. The van der Waals surface area contributed by atoms with Gasteiger partial charge in [0, 0.05) is 0 Å². The summed E-state index contributed by atoms with van der Waals surface area (Å²) >= 11 is 0. The van der Waals surface area contributed by atoms with Gasteiger partial charge in [-0.05, 0) is 103 Å². The lowest BCUT2D eigenvalue weighted by Gasteiger charge is -2.15. The zero-order valence-corrected chi connectivity index (χ0v) is 14.0. The summed E-state index contributed by atoms with van der Waals surface area (Å²) in [5.41, 5.74) is 11.3. The van der Waals surface area contributed by atoms with Crippen LogP contribution in [0.15, 0.2) is 44.6 Å². The van der Waals surface area contributed by atoms with Crippen LogP contribution in [0.2, 0.25) is 0 Å². The Bertz CT molecular complexity index is 396. The summed E-state index contributed by atoms with van der Waals surface area (Å²) in [5.74, 6) is 0. The van der Waals surface area contributed by atoms with Gasteiger partial charge in [-0.1, -0.05) is 11.1 Å². The Morgan fingerprint density at radius 3 is 0.611 bits per heavy atom. The fraction of sp³-hybridized carbons (Fsp3) is 0.556. The molecule has 0 rings (SSSR count). The highest BCUT2D eigenvalue weighted by atomic mass is 14.1. The average Bonchev–Trinajstić information content (AvgIpc) is 2.32. The van der Waals surface area contributed by atoms with E-state index in [-0.39, 0.29) is 0 Å². The van der Waals surface area contributed by atoms with Crippen molar-refractivity contribution >= 4 is 0 Å². The maximum atomic E-state index is 2.24. The molecule has 0 N–H and O–H groups in total. The highest BCUT2D eigenvalue weighted by molar-refractivity contribution is 5.48. The second-order valence-electron chi connectivity index (χ2n) is 5.75. The van der Waals surface area contributed by atoms with Gasteiger partial charge in [-0.3, -0.25) is 0 Å². The van der Waals surface area contributed by atoms with Gasteiger partial charge in [-0.2, -0.15) is 0 Å². The molecule has 0 aromatic carbocycles. The van der Waals surface area contributed by atoms with Crippen LogP contribution in [-0.2, 0) is 0 Å². The van der Waals surface area contributed by atoms with E-state index in [1.54, 1.807) is 0 Å².